The molecule has 0 aliphatic carbocycles. The molecule has 0 bridgehead atoms. The van der Waals surface area contributed by atoms with Crippen molar-refractivity contribution in [3.8, 4) is 0 Å². The minimum atomic E-state index is -0.411. The van der Waals surface area contributed by atoms with E-state index in [0.717, 1.165) is 19.3 Å². The Morgan fingerprint density at radius 3 is 2.88 bits per heavy atom. The maximum Gasteiger partial charge on any atom is 0.311 e. The van der Waals surface area contributed by atoms with Gasteiger partial charge in [-0.05, 0) is 26.7 Å². The summed E-state index contributed by atoms with van der Waals surface area (Å²) < 4.78 is 16.7. The van der Waals surface area contributed by atoms with Gasteiger partial charge in [0.25, 0.3) is 0 Å². The fraction of sp³-hybridized carbons (Fsp3) is 0.923. The monoisotopic (exact) mass is 242 g/mol. The van der Waals surface area contributed by atoms with Crippen molar-refractivity contribution >= 4 is 5.97 Å². The smallest absolute Gasteiger partial charge is 0.311 e. The average Bonchev–Trinajstić information content (AvgIpc) is 2.82. The first-order valence-corrected chi connectivity index (χ1v) is 6.49. The zero-order valence-electron chi connectivity index (χ0n) is 10.9. The van der Waals surface area contributed by atoms with Crippen molar-refractivity contribution in [3.63, 3.8) is 0 Å². The van der Waals surface area contributed by atoms with Gasteiger partial charge in [-0.2, -0.15) is 0 Å². The van der Waals surface area contributed by atoms with E-state index in [0.29, 0.717) is 13.2 Å². The first-order chi connectivity index (χ1) is 8.04. The molecule has 0 amide bonds. The van der Waals surface area contributed by atoms with Crippen molar-refractivity contribution in [1.29, 1.82) is 0 Å². The molecule has 0 saturated carbocycles. The summed E-state index contributed by atoms with van der Waals surface area (Å²) in [5, 5.41) is 0. The summed E-state index contributed by atoms with van der Waals surface area (Å²) in [5.41, 5.74) is -0.411. The zero-order valence-corrected chi connectivity index (χ0v) is 10.9. The Morgan fingerprint density at radius 1 is 1.41 bits per heavy atom. The number of carbonyl (C=O) groups is 1. The van der Waals surface area contributed by atoms with Crippen LogP contribution in [0, 0.1) is 5.41 Å². The van der Waals surface area contributed by atoms with Gasteiger partial charge < -0.3 is 14.2 Å². The molecule has 0 radical (unpaired) electrons. The van der Waals surface area contributed by atoms with Crippen LogP contribution in [-0.2, 0) is 19.0 Å². The Balaban J connectivity index is 1.90. The fourth-order valence-electron chi connectivity index (χ4n) is 2.56. The minimum Gasteiger partial charge on any atom is -0.457 e. The molecule has 2 saturated heterocycles. The molecule has 2 aliphatic heterocycles. The maximum atomic E-state index is 12.1. The van der Waals surface area contributed by atoms with E-state index in [1.54, 1.807) is 0 Å². The van der Waals surface area contributed by atoms with Crippen LogP contribution in [0.5, 0.6) is 0 Å². The maximum absolute atomic E-state index is 12.1. The van der Waals surface area contributed by atoms with Crippen molar-refractivity contribution < 1.29 is 19.0 Å². The minimum absolute atomic E-state index is 0.0450. The molecule has 0 aromatic rings. The van der Waals surface area contributed by atoms with Gasteiger partial charge in [-0.25, -0.2) is 0 Å². The van der Waals surface area contributed by atoms with E-state index < -0.39 is 5.41 Å². The van der Waals surface area contributed by atoms with E-state index in [4.69, 9.17) is 14.2 Å². The Labute approximate surface area is 103 Å². The average molecular weight is 242 g/mol. The van der Waals surface area contributed by atoms with Gasteiger partial charge in [-0.1, -0.05) is 13.3 Å². The molecule has 3 atom stereocenters. The third-order valence-electron chi connectivity index (χ3n) is 3.61. The van der Waals surface area contributed by atoms with E-state index in [1.807, 2.05) is 13.8 Å². The first-order valence-electron chi connectivity index (χ1n) is 6.49. The molecule has 4 nitrogen and oxygen atoms in total. The summed E-state index contributed by atoms with van der Waals surface area (Å²) in [4.78, 5) is 12.1. The Hall–Kier alpha value is -0.610. The third-order valence-corrected chi connectivity index (χ3v) is 3.61. The normalized spacial score (nSPS) is 32.5. The van der Waals surface area contributed by atoms with Crippen LogP contribution in [0.1, 0.15) is 40.0 Å². The highest BCUT2D eigenvalue weighted by Crippen LogP contribution is 2.31. The lowest BCUT2D eigenvalue weighted by Crippen LogP contribution is -2.37. The molecule has 2 rings (SSSR count). The van der Waals surface area contributed by atoms with E-state index in [2.05, 4.69) is 6.92 Å². The Bertz CT molecular complexity index is 287. The van der Waals surface area contributed by atoms with Gasteiger partial charge in [0.1, 0.15) is 6.10 Å². The van der Waals surface area contributed by atoms with Crippen molar-refractivity contribution in [2.75, 3.05) is 13.2 Å². The van der Waals surface area contributed by atoms with Gasteiger partial charge in [0.05, 0.1) is 18.1 Å². The number of ether oxygens (including phenoxy) is 3. The lowest BCUT2D eigenvalue weighted by atomic mass is 9.88. The Kier molecular flexibility index (Phi) is 3.73. The van der Waals surface area contributed by atoms with Crippen LogP contribution in [0.15, 0.2) is 0 Å². The van der Waals surface area contributed by atoms with Crippen LogP contribution in [0.3, 0.4) is 0 Å². The molecule has 0 spiro atoms. The molecule has 0 N–H and O–H groups in total. The summed E-state index contributed by atoms with van der Waals surface area (Å²) in [6, 6.07) is 0. The van der Waals surface area contributed by atoms with Gasteiger partial charge in [-0.3, -0.25) is 4.79 Å². The summed E-state index contributed by atoms with van der Waals surface area (Å²) >= 11 is 0. The highest BCUT2D eigenvalue weighted by molar-refractivity contribution is 5.76. The van der Waals surface area contributed by atoms with Crippen molar-refractivity contribution in [2.24, 2.45) is 5.41 Å². The number of fused-ring (bicyclic) bond motifs is 1. The van der Waals surface area contributed by atoms with Crippen molar-refractivity contribution in [2.45, 2.75) is 58.3 Å². The van der Waals surface area contributed by atoms with E-state index in [1.165, 1.54) is 0 Å². The van der Waals surface area contributed by atoms with Crippen molar-refractivity contribution in [1.82, 2.24) is 0 Å². The van der Waals surface area contributed by atoms with Gasteiger partial charge in [-0.15, -0.1) is 0 Å². The molecule has 0 aromatic carbocycles. The number of hydrogen-bond acceptors (Lipinski definition) is 4. The first kappa shape index (κ1) is 12.8. The SMILES string of the molecule is CCCC(C)(C)C(=O)O[C@H]1CO[C@@H]2CCO[C@H]12. The quantitative estimate of drug-likeness (QED) is 0.706. The Morgan fingerprint density at radius 2 is 2.18 bits per heavy atom. The highest BCUT2D eigenvalue weighted by atomic mass is 16.6. The van der Waals surface area contributed by atoms with Gasteiger partial charge in [0.2, 0.25) is 0 Å². The van der Waals surface area contributed by atoms with Crippen LogP contribution < -0.4 is 0 Å². The number of hydrogen-bond donors (Lipinski definition) is 0. The lowest BCUT2D eigenvalue weighted by Gasteiger charge is -2.25. The summed E-state index contributed by atoms with van der Waals surface area (Å²) in [7, 11) is 0. The molecule has 2 fully saturated rings. The molecular formula is C13H22O4. The van der Waals surface area contributed by atoms with Gasteiger partial charge in [0.15, 0.2) is 6.10 Å². The molecule has 2 aliphatic rings. The van der Waals surface area contributed by atoms with Crippen LogP contribution in [0.2, 0.25) is 0 Å². The van der Waals surface area contributed by atoms with Crippen molar-refractivity contribution in [3.05, 3.63) is 0 Å². The van der Waals surface area contributed by atoms with Crippen LogP contribution in [0.25, 0.3) is 0 Å². The fourth-order valence-corrected chi connectivity index (χ4v) is 2.56. The second kappa shape index (κ2) is 4.94. The van der Waals surface area contributed by atoms with Gasteiger partial charge in [0, 0.05) is 6.61 Å². The predicted molar refractivity (Wildman–Crippen MR) is 62.7 cm³/mol. The van der Waals surface area contributed by atoms with Crippen LogP contribution >= 0.6 is 0 Å². The van der Waals surface area contributed by atoms with E-state index in [9.17, 15) is 4.79 Å². The number of carbonyl (C=O) groups excluding carboxylic acids is 1. The third kappa shape index (κ3) is 2.63. The standard InChI is InChI=1S/C13H22O4/c1-4-6-13(2,3)12(14)17-10-8-16-9-5-7-15-11(9)10/h9-11H,4-8H2,1-3H3/t9-,10+,11+/m1/s1. The summed E-state index contributed by atoms with van der Waals surface area (Å²) in [6.45, 7) is 7.12. The molecule has 17 heavy (non-hydrogen) atoms. The predicted octanol–water partition coefficient (Wildman–Crippen LogP) is 1.91. The molecule has 2 heterocycles. The highest BCUT2D eigenvalue weighted by Gasteiger charge is 2.45. The largest absolute Gasteiger partial charge is 0.457 e. The number of esters is 1. The molecule has 0 aromatic heterocycles. The molecule has 4 heteroatoms. The zero-order chi connectivity index (χ0) is 12.5. The van der Waals surface area contributed by atoms with Crippen LogP contribution in [0.4, 0.5) is 0 Å². The number of rotatable bonds is 4. The van der Waals surface area contributed by atoms with E-state index in [-0.39, 0.29) is 24.3 Å². The summed E-state index contributed by atoms with van der Waals surface area (Å²) in [5.74, 6) is -0.135. The molecule has 0 unspecified atom stereocenters. The topological polar surface area (TPSA) is 44.8 Å². The second-order valence-electron chi connectivity index (χ2n) is 5.57. The second-order valence-corrected chi connectivity index (χ2v) is 5.57. The van der Waals surface area contributed by atoms with Crippen LogP contribution in [-0.4, -0.2) is 37.5 Å². The van der Waals surface area contributed by atoms with Gasteiger partial charge >= 0.3 is 5.97 Å². The lowest BCUT2D eigenvalue weighted by molar-refractivity contribution is -0.164. The molecular weight excluding hydrogens is 220 g/mol. The summed E-state index contributed by atoms with van der Waals surface area (Å²) in [6.07, 6.45) is 2.60. The van der Waals surface area contributed by atoms with E-state index >= 15 is 0 Å². The molecule has 98 valence electrons.